The number of quaternary nitrogens is 1. The maximum atomic E-state index is 13.5. The third kappa shape index (κ3) is 3.76. The highest BCUT2D eigenvalue weighted by molar-refractivity contribution is 6.73. The first-order chi connectivity index (χ1) is 12.0. The van der Waals surface area contributed by atoms with Gasteiger partial charge in [0.05, 0.1) is 6.26 Å². The Morgan fingerprint density at radius 1 is 1.35 bits per heavy atom. The summed E-state index contributed by atoms with van der Waals surface area (Å²) in [7, 11) is -1.96. The summed E-state index contributed by atoms with van der Waals surface area (Å²) in [5.74, 6) is 0.478. The molecule has 0 aliphatic carbocycles. The fourth-order valence-corrected chi connectivity index (χ4v) is 7.08. The Morgan fingerprint density at radius 2 is 1.92 bits per heavy atom. The Labute approximate surface area is 157 Å². The number of hydroxylamine groups is 3. The van der Waals surface area contributed by atoms with E-state index in [1.54, 1.807) is 32.9 Å². The van der Waals surface area contributed by atoms with Gasteiger partial charge in [0.15, 0.2) is 25.7 Å². The molecule has 7 heteroatoms. The highest BCUT2D eigenvalue weighted by atomic mass is 28.4. The van der Waals surface area contributed by atoms with Crippen LogP contribution in [-0.4, -0.2) is 36.8 Å². The predicted octanol–water partition coefficient (Wildman–Crippen LogP) is 5.36. The van der Waals surface area contributed by atoms with Gasteiger partial charge in [-0.1, -0.05) is 20.8 Å². The van der Waals surface area contributed by atoms with Crippen LogP contribution in [0.2, 0.25) is 18.1 Å². The first-order valence-corrected chi connectivity index (χ1v) is 12.0. The number of hydrogen-bond acceptors (Lipinski definition) is 5. The predicted molar refractivity (Wildman–Crippen MR) is 103 cm³/mol. The highest BCUT2D eigenvalue weighted by Crippen LogP contribution is 2.53. The molecule has 0 spiro atoms. The van der Waals surface area contributed by atoms with Gasteiger partial charge in [-0.25, -0.2) is 4.65 Å². The molecule has 0 N–H and O–H groups in total. The Balaban J connectivity index is 2.37. The molecule has 1 aliphatic rings. The lowest BCUT2D eigenvalue weighted by atomic mass is 9.83. The summed E-state index contributed by atoms with van der Waals surface area (Å²) in [5.41, 5.74) is -1.45. The van der Waals surface area contributed by atoms with Crippen molar-refractivity contribution < 1.29 is 23.0 Å². The molecule has 6 nitrogen and oxygen atoms in total. The maximum absolute atomic E-state index is 13.5. The molecule has 148 valence electrons. The molecule has 1 fully saturated rings. The number of likely N-dealkylation sites (tertiary alicyclic amines) is 1. The van der Waals surface area contributed by atoms with E-state index in [1.165, 1.54) is 6.26 Å². The molecule has 1 aromatic rings. The monoisotopic (exact) mass is 383 g/mol. The van der Waals surface area contributed by atoms with Gasteiger partial charge in [-0.2, -0.15) is 4.79 Å². The van der Waals surface area contributed by atoms with Crippen LogP contribution in [0.1, 0.15) is 60.3 Å². The van der Waals surface area contributed by atoms with Crippen LogP contribution in [0.15, 0.2) is 22.8 Å². The minimum Gasteiger partial charge on any atom is -0.622 e. The van der Waals surface area contributed by atoms with E-state index in [4.69, 9.17) is 13.6 Å². The number of amides is 1. The van der Waals surface area contributed by atoms with Gasteiger partial charge in [-0.05, 0) is 58.0 Å². The molecule has 0 saturated carbocycles. The van der Waals surface area contributed by atoms with Gasteiger partial charge >= 0.3 is 6.09 Å². The van der Waals surface area contributed by atoms with Crippen LogP contribution < -0.4 is 0 Å². The van der Waals surface area contributed by atoms with Crippen molar-refractivity contribution in [3.8, 4) is 0 Å². The third-order valence-electron chi connectivity index (χ3n) is 5.44. The van der Waals surface area contributed by atoms with E-state index in [2.05, 4.69) is 20.8 Å². The fourth-order valence-electron chi connectivity index (χ4n) is 3.98. The molecule has 1 amide bonds. The van der Waals surface area contributed by atoms with E-state index in [1.807, 2.05) is 6.92 Å². The molecular formula is C19H33NO5Si. The van der Waals surface area contributed by atoms with Crippen molar-refractivity contribution in [2.75, 3.05) is 6.54 Å². The molecule has 26 heavy (non-hydrogen) atoms. The second kappa shape index (κ2) is 7.11. The van der Waals surface area contributed by atoms with Crippen molar-refractivity contribution in [2.45, 2.75) is 83.8 Å². The Hall–Kier alpha value is -1.15. The molecule has 2 rings (SSSR count). The van der Waals surface area contributed by atoms with Crippen molar-refractivity contribution in [1.29, 1.82) is 0 Å². The zero-order chi connectivity index (χ0) is 19.8. The van der Waals surface area contributed by atoms with Gasteiger partial charge in [0.1, 0.15) is 12.1 Å². The minimum atomic E-state index is -1.96. The van der Waals surface area contributed by atoms with Crippen LogP contribution in [0.5, 0.6) is 0 Å². The van der Waals surface area contributed by atoms with Crippen molar-refractivity contribution in [2.24, 2.45) is 0 Å². The summed E-state index contributed by atoms with van der Waals surface area (Å²) in [6.45, 7) is 13.7. The number of hydrogen-bond donors (Lipinski definition) is 0. The number of furan rings is 1. The standard InChI is InChI=1S/C19H33NO5Si/c1-8-26(9-2,10-3)25-19(7)14-20(22,17(21)24-18(4,5)6)16(19)15-12-11-13-23-15/h11-13,16H,8-10,14H2,1-7H3/t16-,19-,20?/m1/s1. The van der Waals surface area contributed by atoms with E-state index in [0.717, 1.165) is 18.1 Å². The van der Waals surface area contributed by atoms with Crippen LogP contribution in [0.25, 0.3) is 0 Å². The number of nitrogens with zero attached hydrogens (tertiary/aromatic N) is 1. The lowest BCUT2D eigenvalue weighted by Crippen LogP contribution is -2.76. The zero-order valence-electron chi connectivity index (χ0n) is 17.1. The van der Waals surface area contributed by atoms with Crippen LogP contribution in [0.4, 0.5) is 4.79 Å². The quantitative estimate of drug-likeness (QED) is 0.375. The van der Waals surface area contributed by atoms with Crippen LogP contribution in [0.3, 0.4) is 0 Å². The molecule has 1 aromatic heterocycles. The Bertz CT molecular complexity index is 614. The lowest BCUT2D eigenvalue weighted by Gasteiger charge is -2.62. The van der Waals surface area contributed by atoms with Crippen LogP contribution >= 0.6 is 0 Å². The smallest absolute Gasteiger partial charge is 0.517 e. The largest absolute Gasteiger partial charge is 0.622 e. The van der Waals surface area contributed by atoms with Gasteiger partial charge in [0.25, 0.3) is 0 Å². The van der Waals surface area contributed by atoms with E-state index >= 15 is 0 Å². The van der Waals surface area contributed by atoms with E-state index < -0.39 is 36.3 Å². The number of ether oxygens (including phenoxy) is 1. The van der Waals surface area contributed by atoms with Gasteiger partial charge < -0.3 is 18.8 Å². The molecule has 1 aliphatic heterocycles. The van der Waals surface area contributed by atoms with Crippen LogP contribution in [0, 0.1) is 5.21 Å². The summed E-state index contributed by atoms with van der Waals surface area (Å²) < 4.78 is 16.5. The summed E-state index contributed by atoms with van der Waals surface area (Å²) >= 11 is 0. The van der Waals surface area contributed by atoms with E-state index in [9.17, 15) is 10.0 Å². The summed E-state index contributed by atoms with van der Waals surface area (Å²) in [4.78, 5) is 12.7. The van der Waals surface area contributed by atoms with Crippen LogP contribution in [-0.2, 0) is 9.16 Å². The van der Waals surface area contributed by atoms with Crippen molar-refractivity contribution in [3.05, 3.63) is 29.4 Å². The normalized spacial score (nSPS) is 29.3. The highest BCUT2D eigenvalue weighted by Gasteiger charge is 2.67. The third-order valence-corrected chi connectivity index (χ3v) is 10.2. The molecule has 0 bridgehead atoms. The topological polar surface area (TPSA) is 71.7 Å². The van der Waals surface area contributed by atoms with Gasteiger partial charge in [0, 0.05) is 0 Å². The van der Waals surface area contributed by atoms with E-state index in [-0.39, 0.29) is 6.54 Å². The molecule has 3 atom stereocenters. The fraction of sp³-hybridized carbons (Fsp3) is 0.737. The van der Waals surface area contributed by atoms with Gasteiger partial charge in [0.2, 0.25) is 0 Å². The minimum absolute atomic E-state index is 0.0437. The van der Waals surface area contributed by atoms with Gasteiger partial charge in [-0.15, -0.1) is 0 Å². The zero-order valence-corrected chi connectivity index (χ0v) is 18.1. The molecule has 2 heterocycles. The maximum Gasteiger partial charge on any atom is 0.517 e. The molecule has 1 unspecified atom stereocenters. The molecule has 0 radical (unpaired) electrons. The molecule has 0 aromatic carbocycles. The van der Waals surface area contributed by atoms with Crippen molar-refractivity contribution in [1.82, 2.24) is 0 Å². The average molecular weight is 384 g/mol. The number of rotatable bonds is 6. The first-order valence-electron chi connectivity index (χ1n) is 9.51. The molecule has 1 saturated heterocycles. The van der Waals surface area contributed by atoms with E-state index in [0.29, 0.717) is 5.76 Å². The summed E-state index contributed by atoms with van der Waals surface area (Å²) in [5, 5.41) is 13.5. The second-order valence-electron chi connectivity index (χ2n) is 8.51. The SMILES string of the molecule is CC[Si](CC)(CC)O[C@]1(C)C[N+]([O-])(C(=O)OC(C)(C)C)[C@@H]1c1ccco1. The van der Waals surface area contributed by atoms with Crippen molar-refractivity contribution in [3.63, 3.8) is 0 Å². The van der Waals surface area contributed by atoms with Crippen molar-refractivity contribution >= 4 is 14.4 Å². The Kier molecular flexibility index (Phi) is 5.78. The average Bonchev–Trinajstić information content (AvgIpc) is 3.03. The number of carbonyl (C=O) groups is 1. The molecular weight excluding hydrogens is 350 g/mol. The second-order valence-corrected chi connectivity index (χ2v) is 13.2. The summed E-state index contributed by atoms with van der Waals surface area (Å²) in [6.07, 6.45) is 0.745. The first kappa shape index (κ1) is 21.2. The number of carbonyl (C=O) groups excluding carboxylic acids is 1. The lowest BCUT2D eigenvalue weighted by molar-refractivity contribution is -0.910. The summed E-state index contributed by atoms with van der Waals surface area (Å²) in [6, 6.07) is 5.66. The Morgan fingerprint density at radius 3 is 2.35 bits per heavy atom. The van der Waals surface area contributed by atoms with Gasteiger partial charge in [-0.3, -0.25) is 0 Å².